The van der Waals surface area contributed by atoms with Gasteiger partial charge < -0.3 is 5.32 Å². The monoisotopic (exact) mass is 776 g/mol. The largest absolute Gasteiger partial charge is 0.346 e. The molecule has 276 valence electrons. The van der Waals surface area contributed by atoms with E-state index in [2.05, 4.69) is 25.6 Å². The summed E-state index contributed by atoms with van der Waals surface area (Å²) >= 11 is 6.37. The molecule has 18 heteroatoms. The Kier molecular flexibility index (Phi) is 8.44. The number of nitrogens with one attached hydrogen (secondary N) is 2. The summed E-state index contributed by atoms with van der Waals surface area (Å²) < 4.78 is 113. The molecule has 2 N–H and O–H groups in total. The number of pyridine rings is 1. The third kappa shape index (κ3) is 6.47. The predicted molar refractivity (Wildman–Crippen MR) is 178 cm³/mol. The molecular weight excluding hydrogens is 750 g/mol. The highest BCUT2D eigenvalue weighted by Gasteiger charge is 2.67. The number of alkyl halides is 4. The van der Waals surface area contributed by atoms with Crippen LogP contribution in [-0.2, 0) is 33.5 Å². The number of sulfone groups is 1. The van der Waals surface area contributed by atoms with Gasteiger partial charge in [-0.25, -0.2) is 31.0 Å². The number of benzene rings is 2. The number of amides is 1. The van der Waals surface area contributed by atoms with Crippen LogP contribution in [0.15, 0.2) is 48.7 Å². The Balaban J connectivity index is 1.19. The lowest BCUT2D eigenvalue weighted by atomic mass is 9.93. The second-order valence-corrected chi connectivity index (χ2v) is 16.3. The molecule has 10 nitrogen and oxygen atoms in total. The van der Waals surface area contributed by atoms with E-state index in [9.17, 15) is 35.6 Å². The molecule has 0 saturated heterocycles. The van der Waals surface area contributed by atoms with Crippen LogP contribution < -0.4 is 5.32 Å². The number of halogens is 7. The number of hydrogen-bond acceptors (Lipinski definition) is 7. The lowest BCUT2D eigenvalue weighted by Crippen LogP contribution is -2.35. The second kappa shape index (κ2) is 12.7. The van der Waals surface area contributed by atoms with Crippen LogP contribution in [0.2, 0.25) is 5.02 Å². The Bertz CT molecular complexity index is 2430. The van der Waals surface area contributed by atoms with Gasteiger partial charge in [-0.1, -0.05) is 17.7 Å². The first-order valence-corrected chi connectivity index (χ1v) is 18.6. The van der Waals surface area contributed by atoms with Crippen molar-refractivity contribution in [3.05, 3.63) is 99.1 Å². The molecule has 0 radical (unpaired) electrons. The van der Waals surface area contributed by atoms with Crippen molar-refractivity contribution >= 4 is 44.2 Å². The van der Waals surface area contributed by atoms with Crippen LogP contribution in [0.5, 0.6) is 0 Å². The van der Waals surface area contributed by atoms with Crippen molar-refractivity contribution in [2.75, 3.05) is 5.75 Å². The maximum Gasteiger partial charge on any atom is 0.293 e. The molecule has 3 heterocycles. The van der Waals surface area contributed by atoms with Crippen molar-refractivity contribution < 1.29 is 44.3 Å². The van der Waals surface area contributed by atoms with Gasteiger partial charge in [-0.05, 0) is 73.1 Å². The van der Waals surface area contributed by atoms with Crippen LogP contribution in [0, 0.1) is 17.6 Å². The van der Waals surface area contributed by atoms with Gasteiger partial charge in [0.05, 0.1) is 33.7 Å². The van der Waals surface area contributed by atoms with Gasteiger partial charge >= 0.3 is 0 Å². The molecule has 2 aromatic carbocycles. The van der Waals surface area contributed by atoms with Crippen molar-refractivity contribution in [2.24, 2.45) is 5.92 Å². The highest BCUT2D eigenvalue weighted by Crippen LogP contribution is 2.68. The predicted octanol–water partition coefficient (Wildman–Crippen LogP) is 6.76. The topological polar surface area (TPSA) is 140 Å². The van der Waals surface area contributed by atoms with E-state index in [-0.39, 0.29) is 51.4 Å². The summed E-state index contributed by atoms with van der Waals surface area (Å²) in [5, 5.41) is 12.5. The quantitative estimate of drug-likeness (QED) is 0.105. The van der Waals surface area contributed by atoms with Crippen LogP contribution in [0.3, 0.4) is 0 Å². The molecule has 2 unspecified atom stereocenters. The summed E-state index contributed by atoms with van der Waals surface area (Å²) in [5.74, 6) is -9.72. The average molecular weight is 777 g/mol. The summed E-state index contributed by atoms with van der Waals surface area (Å²) in [4.78, 5) is 31.7. The molecule has 8 rings (SSSR count). The highest BCUT2D eigenvalue weighted by atomic mass is 35.5. The molecule has 0 bridgehead atoms. The third-order valence-electron chi connectivity index (χ3n) is 9.88. The number of Topliss-reactive ketones (excluding diaryl/α,β-unsaturated/α-hetero) is 1. The number of ketones is 1. The number of hydrogen-bond donors (Lipinski definition) is 2. The van der Waals surface area contributed by atoms with Gasteiger partial charge in [0, 0.05) is 28.7 Å². The van der Waals surface area contributed by atoms with Crippen LogP contribution in [0.4, 0.5) is 26.3 Å². The Morgan fingerprint density at radius 2 is 1.79 bits per heavy atom. The zero-order valence-corrected chi connectivity index (χ0v) is 28.8. The fourth-order valence-corrected chi connectivity index (χ4v) is 9.07. The lowest BCUT2D eigenvalue weighted by molar-refractivity contribution is -0.123. The number of carbonyl (C=O) groups excluding carboxylic acids is 2. The number of rotatable bonds is 12. The number of aromatic amines is 1. The molecule has 0 spiro atoms. The third-order valence-corrected chi connectivity index (χ3v) is 12.4. The van der Waals surface area contributed by atoms with E-state index in [4.69, 9.17) is 11.6 Å². The van der Waals surface area contributed by atoms with Gasteiger partial charge in [-0.3, -0.25) is 19.4 Å². The van der Waals surface area contributed by atoms with E-state index in [1.165, 1.54) is 24.4 Å². The normalized spacial score (nSPS) is 19.3. The van der Waals surface area contributed by atoms with E-state index in [1.54, 1.807) is 6.07 Å². The maximum atomic E-state index is 15.3. The van der Waals surface area contributed by atoms with Crippen LogP contribution in [0.1, 0.15) is 76.2 Å². The molecule has 53 heavy (non-hydrogen) atoms. The second-order valence-electron chi connectivity index (χ2n) is 13.6. The lowest BCUT2D eigenvalue weighted by Gasteiger charge is -2.23. The van der Waals surface area contributed by atoms with Gasteiger partial charge in [0.15, 0.2) is 15.6 Å². The van der Waals surface area contributed by atoms with Gasteiger partial charge in [-0.15, -0.1) is 0 Å². The molecule has 3 aliphatic rings. The van der Waals surface area contributed by atoms with Crippen molar-refractivity contribution in [2.45, 2.75) is 61.8 Å². The minimum atomic E-state index is -3.71. The van der Waals surface area contributed by atoms with Gasteiger partial charge in [-0.2, -0.15) is 19.0 Å². The van der Waals surface area contributed by atoms with Gasteiger partial charge in [0.25, 0.3) is 12.3 Å². The zero-order valence-electron chi connectivity index (χ0n) is 27.2. The highest BCUT2D eigenvalue weighted by molar-refractivity contribution is 7.93. The van der Waals surface area contributed by atoms with Crippen LogP contribution >= 0.6 is 11.6 Å². The smallest absolute Gasteiger partial charge is 0.293 e. The van der Waals surface area contributed by atoms with E-state index in [0.717, 1.165) is 12.1 Å². The van der Waals surface area contributed by atoms with E-state index in [1.807, 2.05) is 0 Å². The zero-order chi connectivity index (χ0) is 37.6. The number of H-pyrrole nitrogens is 1. The molecule has 3 aliphatic carbocycles. The molecule has 2 saturated carbocycles. The minimum absolute atomic E-state index is 0.0219. The fourth-order valence-electron chi connectivity index (χ4n) is 7.24. The van der Waals surface area contributed by atoms with Crippen molar-refractivity contribution in [3.8, 4) is 11.1 Å². The van der Waals surface area contributed by atoms with E-state index < -0.39 is 92.3 Å². The Morgan fingerprint density at radius 3 is 2.49 bits per heavy atom. The van der Waals surface area contributed by atoms with Gasteiger partial charge in [0.1, 0.15) is 40.8 Å². The summed E-state index contributed by atoms with van der Waals surface area (Å²) in [7, 11) is -3.71. The van der Waals surface area contributed by atoms with Crippen molar-refractivity contribution in [1.29, 1.82) is 0 Å². The Morgan fingerprint density at radius 1 is 1.06 bits per heavy atom. The molecule has 0 aliphatic heterocycles. The SMILES string of the molecule is O=C(Cn1nc(C(F)F)c2c1C(F)(F)C1C[C@H]21)NC(Cc1cc(F)cc(F)c1)c1nc2cn[nH]c2cc1-c1ccc(Cl)c(C(=O)CS(=O)(=O)C2CC2)c1. The maximum absolute atomic E-state index is 15.3. The van der Waals surface area contributed by atoms with Crippen molar-refractivity contribution in [1.82, 2.24) is 30.3 Å². The minimum Gasteiger partial charge on any atom is -0.346 e. The standard InChI is InChI=1S/C35H27ClF6N6O4S/c36-24-4-1-16(8-22(24)28(49)14-53(51,52)19-2-3-19)20-11-25-27(12-43-46-25)45-31(20)26(7-15-5-17(37)9-18(38)6-15)44-29(50)13-48-33-30(32(47-48)34(39)40)21-10-23(21)35(33,41)42/h1,4-6,8-9,11-12,19,21,23,26,34H,2-3,7,10,13-14H2,(H,43,46)(H,44,50)/t21-,23?,26?/m0/s1. The van der Waals surface area contributed by atoms with Gasteiger partial charge in [0.2, 0.25) is 5.91 Å². The molecule has 5 aromatic rings. The summed E-state index contributed by atoms with van der Waals surface area (Å²) in [5.41, 5.74) is -0.519. The number of carbonyl (C=O) groups is 2. The average Bonchev–Trinajstić information content (AvgIpc) is 3.99. The van der Waals surface area contributed by atoms with Crippen molar-refractivity contribution in [3.63, 3.8) is 0 Å². The Labute approximate surface area is 301 Å². The summed E-state index contributed by atoms with van der Waals surface area (Å²) in [6, 6.07) is 7.30. The number of fused-ring (bicyclic) bond motifs is 4. The molecule has 3 aromatic heterocycles. The molecule has 3 atom stereocenters. The first kappa shape index (κ1) is 35.3. The summed E-state index contributed by atoms with van der Waals surface area (Å²) in [6.45, 7) is -0.892. The Hall–Kier alpha value is -4.77. The molecule has 2 fully saturated rings. The van der Waals surface area contributed by atoms with Crippen LogP contribution in [0.25, 0.3) is 22.2 Å². The number of aromatic nitrogens is 5. The van der Waals surface area contributed by atoms with Crippen LogP contribution in [-0.4, -0.2) is 56.1 Å². The summed E-state index contributed by atoms with van der Waals surface area (Å²) in [6.07, 6.45) is -1.13. The first-order valence-electron chi connectivity index (χ1n) is 16.5. The van der Waals surface area contributed by atoms with E-state index in [0.29, 0.717) is 34.6 Å². The van der Waals surface area contributed by atoms with E-state index >= 15 is 8.78 Å². The number of nitrogens with zero attached hydrogens (tertiary/aromatic N) is 4. The molecular formula is C35H27ClF6N6O4S. The fraction of sp³-hybridized carbons (Fsp3) is 0.343. The first-order chi connectivity index (χ1) is 25.1. The molecule has 1 amide bonds.